The second-order valence-corrected chi connectivity index (χ2v) is 11.4. The molecule has 3 N–H and O–H groups in total. The van der Waals surface area contributed by atoms with Crippen molar-refractivity contribution in [3.8, 4) is 5.75 Å². The second-order valence-electron chi connectivity index (χ2n) is 11.4. The van der Waals surface area contributed by atoms with Gasteiger partial charge < -0.3 is 25.4 Å². The molecule has 3 aromatic rings. The van der Waals surface area contributed by atoms with Crippen molar-refractivity contribution in [3.05, 3.63) is 83.2 Å². The van der Waals surface area contributed by atoms with Crippen LogP contribution in [0, 0.1) is 0 Å². The molecule has 9 heteroatoms. The van der Waals surface area contributed by atoms with Crippen molar-refractivity contribution in [1.82, 2.24) is 25.3 Å². The Hall–Kier alpha value is -3.69. The van der Waals surface area contributed by atoms with E-state index in [1.54, 1.807) is 17.9 Å². The Morgan fingerprint density at radius 1 is 1.09 bits per heavy atom. The Morgan fingerprint density at radius 3 is 2.60 bits per heavy atom. The number of rotatable bonds is 14. The van der Waals surface area contributed by atoms with Gasteiger partial charge in [-0.2, -0.15) is 5.10 Å². The predicted octanol–water partition coefficient (Wildman–Crippen LogP) is 4.76. The number of carbonyl (C=O) groups excluding carboxylic acids is 2. The molecule has 0 radical (unpaired) electrons. The summed E-state index contributed by atoms with van der Waals surface area (Å²) in [6.45, 7) is 7.55. The molecule has 1 aliphatic rings. The molecule has 1 saturated heterocycles. The van der Waals surface area contributed by atoms with Crippen molar-refractivity contribution in [1.29, 1.82) is 0 Å². The van der Waals surface area contributed by atoms with Crippen LogP contribution in [0.4, 0.5) is 0 Å². The summed E-state index contributed by atoms with van der Waals surface area (Å²) in [6.07, 6.45) is 4.69. The summed E-state index contributed by atoms with van der Waals surface area (Å²) in [4.78, 5) is 29.2. The lowest BCUT2D eigenvalue weighted by Crippen LogP contribution is -2.49. The van der Waals surface area contributed by atoms with E-state index in [2.05, 4.69) is 22.7 Å². The van der Waals surface area contributed by atoms with E-state index in [-0.39, 0.29) is 30.2 Å². The van der Waals surface area contributed by atoms with Crippen molar-refractivity contribution < 1.29 is 19.4 Å². The third kappa shape index (κ3) is 8.45. The maximum atomic E-state index is 13.7. The van der Waals surface area contributed by atoms with E-state index in [1.165, 1.54) is 0 Å². The van der Waals surface area contributed by atoms with E-state index in [0.29, 0.717) is 18.7 Å². The van der Waals surface area contributed by atoms with Crippen LogP contribution in [0.1, 0.15) is 91.0 Å². The summed E-state index contributed by atoms with van der Waals surface area (Å²) in [5.74, 6) is 0.292. The van der Waals surface area contributed by atoms with E-state index in [9.17, 15) is 14.7 Å². The number of nitrogens with zero attached hydrogens (tertiary/aromatic N) is 3. The summed E-state index contributed by atoms with van der Waals surface area (Å²) < 4.78 is 6.97. The van der Waals surface area contributed by atoms with E-state index in [0.717, 1.165) is 55.5 Å². The van der Waals surface area contributed by atoms with Crippen LogP contribution in [0.25, 0.3) is 0 Å². The van der Waals surface area contributed by atoms with Crippen molar-refractivity contribution in [2.45, 2.75) is 90.1 Å². The summed E-state index contributed by atoms with van der Waals surface area (Å²) in [6, 6.07) is 18.8. The highest BCUT2D eigenvalue weighted by Crippen LogP contribution is 2.24. The molecule has 1 unspecified atom stereocenters. The number of aliphatic hydroxyl groups excluding tert-OH is 1. The smallest absolute Gasteiger partial charge is 0.272 e. The maximum absolute atomic E-state index is 13.7. The normalized spacial score (nSPS) is 17.2. The van der Waals surface area contributed by atoms with Crippen LogP contribution >= 0.6 is 0 Å². The molecule has 1 fully saturated rings. The maximum Gasteiger partial charge on any atom is 0.272 e. The number of aryl methyl sites for hydroxylation is 1. The third-order valence-electron chi connectivity index (χ3n) is 8.35. The van der Waals surface area contributed by atoms with Gasteiger partial charge in [-0.15, -0.1) is 0 Å². The molecule has 4 rings (SSSR count). The molecule has 0 spiro atoms. The van der Waals surface area contributed by atoms with Gasteiger partial charge in [0.05, 0.1) is 19.3 Å². The van der Waals surface area contributed by atoms with Crippen LogP contribution in [0.5, 0.6) is 5.75 Å². The molecule has 232 valence electrons. The molecule has 1 aromatic heterocycles. The van der Waals surface area contributed by atoms with Gasteiger partial charge in [-0.05, 0) is 69.2 Å². The average Bonchev–Trinajstić information content (AvgIpc) is 3.48. The van der Waals surface area contributed by atoms with Gasteiger partial charge >= 0.3 is 0 Å². The van der Waals surface area contributed by atoms with Gasteiger partial charge in [-0.3, -0.25) is 14.3 Å². The standard InChI is InChI=1S/C34H47N5O4/c1-5-13-27-17-10-11-19-38(27)34(42)31-22-30(37-39(31)6-2)33(41)36-29(20-25-14-8-7-9-15-25)32(40)23-35-24(3)26-16-12-18-28(21-26)43-4/h7-9,12,14-16,18,21-22,24,27,29,32,35,40H,5-6,10-11,13,17,19-20,23H2,1-4H3,(H,36,41)/t24-,27?,29+,32+/m1/s1. The highest BCUT2D eigenvalue weighted by atomic mass is 16.5. The van der Waals surface area contributed by atoms with Gasteiger partial charge in [-0.25, -0.2) is 0 Å². The number of hydrogen-bond donors (Lipinski definition) is 3. The lowest BCUT2D eigenvalue weighted by molar-refractivity contribution is 0.0588. The fourth-order valence-electron chi connectivity index (χ4n) is 5.85. The Morgan fingerprint density at radius 2 is 1.88 bits per heavy atom. The summed E-state index contributed by atoms with van der Waals surface area (Å²) in [7, 11) is 1.64. The number of nitrogens with one attached hydrogen (secondary N) is 2. The van der Waals surface area contributed by atoms with E-state index >= 15 is 0 Å². The number of methoxy groups -OCH3 is 1. The minimum absolute atomic E-state index is 0.0435. The van der Waals surface area contributed by atoms with Crippen LogP contribution in [-0.4, -0.2) is 70.0 Å². The van der Waals surface area contributed by atoms with Crippen LogP contribution in [0.3, 0.4) is 0 Å². The molecule has 9 nitrogen and oxygen atoms in total. The van der Waals surface area contributed by atoms with Gasteiger partial charge in [0.1, 0.15) is 11.4 Å². The number of benzene rings is 2. The quantitative estimate of drug-likeness (QED) is 0.250. The fraction of sp³-hybridized carbons (Fsp3) is 0.500. The summed E-state index contributed by atoms with van der Waals surface area (Å²) in [5.41, 5.74) is 2.64. The van der Waals surface area contributed by atoms with Gasteiger partial charge in [0.25, 0.3) is 11.8 Å². The molecular weight excluding hydrogens is 542 g/mol. The Kier molecular flexibility index (Phi) is 11.8. The highest BCUT2D eigenvalue weighted by Gasteiger charge is 2.31. The summed E-state index contributed by atoms with van der Waals surface area (Å²) >= 11 is 0. The molecule has 2 heterocycles. The molecule has 43 heavy (non-hydrogen) atoms. The summed E-state index contributed by atoms with van der Waals surface area (Å²) in [5, 5.41) is 22.2. The molecule has 2 amide bonds. The topological polar surface area (TPSA) is 109 Å². The number of amides is 2. The zero-order valence-electron chi connectivity index (χ0n) is 26.0. The number of hydrogen-bond acceptors (Lipinski definition) is 6. The number of carbonyl (C=O) groups is 2. The van der Waals surface area contributed by atoms with E-state index < -0.39 is 18.1 Å². The lowest BCUT2D eigenvalue weighted by atomic mass is 9.98. The molecule has 1 aliphatic heterocycles. The van der Waals surface area contributed by atoms with Crippen LogP contribution in [0.15, 0.2) is 60.7 Å². The van der Waals surface area contributed by atoms with E-state index in [4.69, 9.17) is 4.74 Å². The van der Waals surface area contributed by atoms with Gasteiger partial charge in [0.2, 0.25) is 0 Å². The molecule has 0 aliphatic carbocycles. The van der Waals surface area contributed by atoms with Crippen molar-refractivity contribution in [3.63, 3.8) is 0 Å². The Balaban J connectivity index is 1.49. The largest absolute Gasteiger partial charge is 0.497 e. The fourth-order valence-corrected chi connectivity index (χ4v) is 5.85. The first kappa shape index (κ1) is 32.2. The number of aliphatic hydroxyl groups is 1. The minimum Gasteiger partial charge on any atom is -0.497 e. The Bertz CT molecular complexity index is 1330. The van der Waals surface area contributed by atoms with Crippen molar-refractivity contribution in [2.24, 2.45) is 0 Å². The number of aromatic nitrogens is 2. The van der Waals surface area contributed by atoms with Crippen LogP contribution in [0.2, 0.25) is 0 Å². The number of likely N-dealkylation sites (tertiary alicyclic amines) is 1. The second kappa shape index (κ2) is 15.7. The Labute approximate surface area is 255 Å². The molecule has 4 atom stereocenters. The SMILES string of the molecule is CCCC1CCCCN1C(=O)c1cc(C(=O)N[C@@H](Cc2ccccc2)[C@@H](O)CN[C@H](C)c2cccc(OC)c2)nn1CC. The molecule has 0 saturated carbocycles. The molecule has 2 aromatic carbocycles. The minimum atomic E-state index is -0.880. The van der Waals surface area contributed by atoms with Crippen molar-refractivity contribution in [2.75, 3.05) is 20.2 Å². The third-order valence-corrected chi connectivity index (χ3v) is 8.35. The number of piperidine rings is 1. The molecular formula is C34H47N5O4. The molecule has 0 bridgehead atoms. The first-order valence-electron chi connectivity index (χ1n) is 15.6. The van der Waals surface area contributed by atoms with E-state index in [1.807, 2.05) is 73.3 Å². The monoisotopic (exact) mass is 589 g/mol. The average molecular weight is 590 g/mol. The first-order valence-corrected chi connectivity index (χ1v) is 15.6. The lowest BCUT2D eigenvalue weighted by Gasteiger charge is -2.35. The zero-order chi connectivity index (χ0) is 30.8. The van der Waals surface area contributed by atoms with Gasteiger partial charge in [-0.1, -0.05) is 55.8 Å². The zero-order valence-corrected chi connectivity index (χ0v) is 26.0. The predicted molar refractivity (Wildman–Crippen MR) is 168 cm³/mol. The van der Waals surface area contributed by atoms with Crippen molar-refractivity contribution >= 4 is 11.8 Å². The van der Waals surface area contributed by atoms with Gasteiger partial charge in [0.15, 0.2) is 5.69 Å². The number of ether oxygens (including phenoxy) is 1. The first-order chi connectivity index (χ1) is 20.8. The van der Waals surface area contributed by atoms with Crippen LogP contribution in [-0.2, 0) is 13.0 Å². The van der Waals surface area contributed by atoms with Crippen LogP contribution < -0.4 is 15.4 Å². The van der Waals surface area contributed by atoms with Gasteiger partial charge in [0, 0.05) is 37.8 Å². The highest BCUT2D eigenvalue weighted by molar-refractivity contribution is 5.98.